The van der Waals surface area contributed by atoms with Crippen LogP contribution in [0.2, 0.25) is 0 Å². The van der Waals surface area contributed by atoms with E-state index in [4.69, 9.17) is 0 Å². The third-order valence-corrected chi connectivity index (χ3v) is 1.20. The van der Waals surface area contributed by atoms with Gasteiger partial charge in [0.15, 0.2) is 5.76 Å². The summed E-state index contributed by atoms with van der Waals surface area (Å²) in [5, 5.41) is 10.1. The Hall–Kier alpha value is -1.91. The van der Waals surface area contributed by atoms with Crippen LogP contribution in [0.25, 0.3) is 0 Å². The molecule has 0 saturated heterocycles. The molecule has 0 unspecified atom stereocenters. The van der Waals surface area contributed by atoms with Gasteiger partial charge in [0, 0.05) is 0 Å². The van der Waals surface area contributed by atoms with Gasteiger partial charge in [-0.15, -0.1) is 0 Å². The van der Waals surface area contributed by atoms with E-state index in [2.05, 4.69) is 11.0 Å². The van der Waals surface area contributed by atoms with E-state index in [1.54, 1.807) is 0 Å². The number of carbonyl (C=O) groups excluding carboxylic acids is 1. The van der Waals surface area contributed by atoms with Gasteiger partial charge in [-0.1, -0.05) is 6.58 Å². The summed E-state index contributed by atoms with van der Waals surface area (Å²) in [6, 6.07) is 2.36. The molecule has 0 bridgehead atoms. The van der Waals surface area contributed by atoms with Crippen molar-refractivity contribution in [2.75, 3.05) is 0 Å². The van der Waals surface area contributed by atoms with E-state index < -0.39 is 16.6 Å². The van der Waals surface area contributed by atoms with Gasteiger partial charge < -0.3 is 4.42 Å². The van der Waals surface area contributed by atoms with Crippen molar-refractivity contribution >= 4 is 11.7 Å². The van der Waals surface area contributed by atoms with Crippen LogP contribution in [0.3, 0.4) is 0 Å². The van der Waals surface area contributed by atoms with E-state index in [1.165, 1.54) is 6.07 Å². The van der Waals surface area contributed by atoms with Gasteiger partial charge in [-0.2, -0.15) is 0 Å². The number of nitro groups is 1. The number of hydrogen-bond acceptors (Lipinski definition) is 4. The highest BCUT2D eigenvalue weighted by atomic mass is 16.6. The first kappa shape index (κ1) is 8.19. The molecule has 0 aromatic carbocycles. The van der Waals surface area contributed by atoms with Gasteiger partial charge in [0.05, 0.1) is 6.07 Å². The fourth-order valence-electron chi connectivity index (χ4n) is 0.659. The van der Waals surface area contributed by atoms with Gasteiger partial charge in [0.2, 0.25) is 5.78 Å². The Morgan fingerprint density at radius 2 is 2.33 bits per heavy atom. The minimum Gasteiger partial charge on any atom is -0.397 e. The second-order valence-electron chi connectivity index (χ2n) is 1.96. The Morgan fingerprint density at radius 3 is 2.75 bits per heavy atom. The molecule has 0 saturated carbocycles. The van der Waals surface area contributed by atoms with E-state index in [9.17, 15) is 14.9 Å². The molecule has 0 aliphatic carbocycles. The molecule has 0 aliphatic rings. The van der Waals surface area contributed by atoms with E-state index in [-0.39, 0.29) is 5.76 Å². The largest absolute Gasteiger partial charge is 0.433 e. The summed E-state index contributed by atoms with van der Waals surface area (Å²) in [4.78, 5) is 20.2. The third kappa shape index (κ3) is 1.39. The van der Waals surface area contributed by atoms with E-state index >= 15 is 0 Å². The first-order chi connectivity index (χ1) is 5.65. The van der Waals surface area contributed by atoms with Crippen LogP contribution in [-0.2, 0) is 0 Å². The van der Waals surface area contributed by atoms with Crippen molar-refractivity contribution in [2.24, 2.45) is 0 Å². The Balaban J connectivity index is 2.99. The predicted octanol–water partition coefficient (Wildman–Crippen LogP) is 1.56. The average Bonchev–Trinajstić information content (AvgIpc) is 2.51. The van der Waals surface area contributed by atoms with Crippen LogP contribution in [0, 0.1) is 10.1 Å². The Bertz CT molecular complexity index is 339. The first-order valence-electron chi connectivity index (χ1n) is 3.06. The van der Waals surface area contributed by atoms with Crippen molar-refractivity contribution in [3.63, 3.8) is 0 Å². The number of nitrogens with zero attached hydrogens (tertiary/aromatic N) is 1. The third-order valence-electron chi connectivity index (χ3n) is 1.20. The molecule has 5 heteroatoms. The van der Waals surface area contributed by atoms with Crippen LogP contribution in [0.1, 0.15) is 10.6 Å². The fraction of sp³-hybridized carbons (Fsp3) is 0. The SMILES string of the molecule is C=CC(=O)c1ccc([N+](=O)[O-])o1. The minimum atomic E-state index is -0.708. The van der Waals surface area contributed by atoms with E-state index in [0.29, 0.717) is 0 Å². The second kappa shape index (κ2) is 3.00. The van der Waals surface area contributed by atoms with Gasteiger partial charge in [0.1, 0.15) is 4.92 Å². The smallest absolute Gasteiger partial charge is 0.397 e. The molecule has 5 nitrogen and oxygen atoms in total. The minimum absolute atomic E-state index is 0.0725. The molecule has 0 aliphatic heterocycles. The molecule has 1 aromatic heterocycles. The average molecular weight is 167 g/mol. The van der Waals surface area contributed by atoms with Crippen molar-refractivity contribution in [3.05, 3.63) is 40.7 Å². The highest BCUT2D eigenvalue weighted by Gasteiger charge is 2.14. The maximum absolute atomic E-state index is 10.8. The lowest BCUT2D eigenvalue weighted by Crippen LogP contribution is -1.89. The van der Waals surface area contributed by atoms with Gasteiger partial charge in [-0.3, -0.25) is 14.9 Å². The fourth-order valence-corrected chi connectivity index (χ4v) is 0.659. The first-order valence-corrected chi connectivity index (χ1v) is 3.06. The topological polar surface area (TPSA) is 73.3 Å². The number of allylic oxidation sites excluding steroid dienone is 1. The molecule has 0 radical (unpaired) electrons. The number of furan rings is 1. The number of rotatable bonds is 3. The summed E-state index contributed by atoms with van der Waals surface area (Å²) in [5.74, 6) is -0.986. The molecule has 1 aromatic rings. The van der Waals surface area contributed by atoms with Gasteiger partial charge >= 0.3 is 5.88 Å². The maximum Gasteiger partial charge on any atom is 0.433 e. The number of hydrogen-bond donors (Lipinski definition) is 0. The Morgan fingerprint density at radius 1 is 1.67 bits per heavy atom. The molecule has 1 rings (SSSR count). The molecule has 1 heterocycles. The maximum atomic E-state index is 10.8. The summed E-state index contributed by atoms with van der Waals surface area (Å²) < 4.78 is 4.58. The van der Waals surface area contributed by atoms with Crippen LogP contribution in [0.5, 0.6) is 0 Å². The quantitative estimate of drug-likeness (QED) is 0.296. The second-order valence-corrected chi connectivity index (χ2v) is 1.96. The molecular formula is C7H5NO4. The van der Waals surface area contributed by atoms with Gasteiger partial charge in [-0.05, 0) is 12.1 Å². The van der Waals surface area contributed by atoms with E-state index in [0.717, 1.165) is 12.1 Å². The molecule has 0 N–H and O–H groups in total. The zero-order valence-corrected chi connectivity index (χ0v) is 6.02. The van der Waals surface area contributed by atoms with Crippen LogP contribution in [-0.4, -0.2) is 10.7 Å². The number of ketones is 1. The summed E-state index contributed by atoms with van der Waals surface area (Å²) >= 11 is 0. The van der Waals surface area contributed by atoms with Crippen molar-refractivity contribution < 1.29 is 14.1 Å². The van der Waals surface area contributed by atoms with Crippen LogP contribution >= 0.6 is 0 Å². The van der Waals surface area contributed by atoms with Gasteiger partial charge in [0.25, 0.3) is 0 Å². The predicted molar refractivity (Wildman–Crippen MR) is 39.9 cm³/mol. The Labute approximate surface area is 67.4 Å². The lowest BCUT2D eigenvalue weighted by molar-refractivity contribution is -0.402. The molecule has 62 valence electrons. The van der Waals surface area contributed by atoms with Crippen molar-refractivity contribution in [1.82, 2.24) is 0 Å². The lowest BCUT2D eigenvalue weighted by Gasteiger charge is -1.84. The highest BCUT2D eigenvalue weighted by molar-refractivity contribution is 6.02. The standard InChI is InChI=1S/C7H5NO4/c1-2-5(9)6-3-4-7(12-6)8(10)11/h2-4H,1H2. The van der Waals surface area contributed by atoms with E-state index in [1.807, 2.05) is 0 Å². The summed E-state index contributed by atoms with van der Waals surface area (Å²) in [6.07, 6.45) is 1.03. The summed E-state index contributed by atoms with van der Waals surface area (Å²) in [5.41, 5.74) is 0. The van der Waals surface area contributed by atoms with Crippen LogP contribution in [0.4, 0.5) is 5.88 Å². The number of carbonyl (C=O) groups is 1. The zero-order chi connectivity index (χ0) is 9.14. The summed E-state index contributed by atoms with van der Waals surface area (Å²) in [7, 11) is 0. The molecule has 0 fully saturated rings. The zero-order valence-electron chi connectivity index (χ0n) is 6.02. The molecular weight excluding hydrogens is 162 g/mol. The van der Waals surface area contributed by atoms with Crippen LogP contribution in [0.15, 0.2) is 29.2 Å². The Kier molecular flexibility index (Phi) is 2.05. The monoisotopic (exact) mass is 167 g/mol. The molecule has 0 amide bonds. The highest BCUT2D eigenvalue weighted by Crippen LogP contribution is 2.15. The molecule has 0 spiro atoms. The molecule has 12 heavy (non-hydrogen) atoms. The van der Waals surface area contributed by atoms with Crippen LogP contribution < -0.4 is 0 Å². The lowest BCUT2D eigenvalue weighted by atomic mass is 10.3. The van der Waals surface area contributed by atoms with Crippen molar-refractivity contribution in [2.45, 2.75) is 0 Å². The van der Waals surface area contributed by atoms with Gasteiger partial charge in [-0.25, -0.2) is 0 Å². The van der Waals surface area contributed by atoms with Crippen molar-refractivity contribution in [1.29, 1.82) is 0 Å². The summed E-state index contributed by atoms with van der Waals surface area (Å²) in [6.45, 7) is 3.21. The molecule has 0 atom stereocenters. The normalized spacial score (nSPS) is 9.33. The van der Waals surface area contributed by atoms with Crippen molar-refractivity contribution in [3.8, 4) is 0 Å².